The first-order valence-electron chi connectivity index (χ1n) is 6.12. The molecule has 0 bridgehead atoms. The van der Waals surface area contributed by atoms with E-state index in [2.05, 4.69) is 5.32 Å². The maximum Gasteiger partial charge on any atom is 0.337 e. The zero-order valence-electron chi connectivity index (χ0n) is 11.1. The van der Waals surface area contributed by atoms with Gasteiger partial charge in [-0.25, -0.2) is 4.79 Å². The molecule has 3 nitrogen and oxygen atoms in total. The van der Waals surface area contributed by atoms with Crippen molar-refractivity contribution in [1.29, 1.82) is 0 Å². The van der Waals surface area contributed by atoms with Crippen molar-refractivity contribution in [1.82, 2.24) is 0 Å². The molecule has 2 aromatic rings. The van der Waals surface area contributed by atoms with Gasteiger partial charge in [-0.3, -0.25) is 0 Å². The van der Waals surface area contributed by atoms with Crippen molar-refractivity contribution in [2.45, 2.75) is 17.6 Å². The van der Waals surface area contributed by atoms with Crippen LogP contribution in [-0.2, 0) is 0 Å². The van der Waals surface area contributed by atoms with Gasteiger partial charge in [0, 0.05) is 4.90 Å². The van der Waals surface area contributed by atoms with Crippen LogP contribution in [0, 0.1) is 6.92 Å². The fourth-order valence-corrected chi connectivity index (χ4v) is 2.46. The van der Waals surface area contributed by atoms with E-state index in [1.807, 2.05) is 6.92 Å². The molecule has 21 heavy (non-hydrogen) atoms. The Bertz CT molecular complexity index is 662. The van der Waals surface area contributed by atoms with Gasteiger partial charge >= 0.3 is 5.97 Å². The van der Waals surface area contributed by atoms with Crippen molar-refractivity contribution in [3.8, 4) is 0 Å². The fourth-order valence-electron chi connectivity index (χ4n) is 1.86. The van der Waals surface area contributed by atoms with Gasteiger partial charge in [0.15, 0.2) is 0 Å². The second-order valence-corrected chi connectivity index (χ2v) is 5.39. The quantitative estimate of drug-likeness (QED) is 0.782. The number of nitrogens with one attached hydrogen (secondary N) is 1. The van der Waals surface area contributed by atoms with E-state index in [4.69, 9.17) is 0 Å². The Balaban J connectivity index is 2.38. The second kappa shape index (κ2) is 6.58. The third-order valence-corrected chi connectivity index (χ3v) is 3.57. The number of thioether (sulfide) groups is 1. The molecule has 0 aromatic heterocycles. The average molecular weight is 309 g/mol. The molecule has 0 aliphatic heterocycles. The Labute approximate surface area is 125 Å². The molecule has 0 radical (unpaired) electrons. The van der Waals surface area contributed by atoms with Crippen LogP contribution in [-0.4, -0.2) is 16.8 Å². The molecule has 0 amide bonds. The van der Waals surface area contributed by atoms with E-state index >= 15 is 0 Å². The van der Waals surface area contributed by atoms with Crippen LogP contribution in [0.2, 0.25) is 0 Å². The van der Waals surface area contributed by atoms with Gasteiger partial charge < -0.3 is 10.4 Å². The molecule has 110 valence electrons. The third-order valence-electron chi connectivity index (χ3n) is 2.78. The summed E-state index contributed by atoms with van der Waals surface area (Å²) in [6.07, 6.45) is 0. The molecule has 0 spiro atoms. The first-order chi connectivity index (χ1) is 9.97. The maximum absolute atomic E-state index is 12.6. The Morgan fingerprint density at radius 2 is 1.90 bits per heavy atom. The lowest BCUT2D eigenvalue weighted by atomic mass is 10.1. The van der Waals surface area contributed by atoms with Crippen molar-refractivity contribution in [3.05, 3.63) is 53.6 Å². The molecule has 0 aliphatic rings. The molecule has 0 heterocycles. The van der Waals surface area contributed by atoms with E-state index in [1.54, 1.807) is 36.4 Å². The fraction of sp³-hybridized carbons (Fsp3) is 0.133. The normalized spacial score (nSPS) is 10.7. The van der Waals surface area contributed by atoms with Crippen molar-refractivity contribution in [3.63, 3.8) is 0 Å². The monoisotopic (exact) mass is 309 g/mol. The van der Waals surface area contributed by atoms with Crippen LogP contribution >= 0.6 is 11.8 Å². The molecule has 0 atom stereocenters. The van der Waals surface area contributed by atoms with Crippen LogP contribution in [0.15, 0.2) is 47.4 Å². The molecule has 0 unspecified atom stereocenters. The largest absolute Gasteiger partial charge is 0.478 e. The van der Waals surface area contributed by atoms with Gasteiger partial charge in [0.1, 0.15) is 0 Å². The van der Waals surface area contributed by atoms with E-state index in [0.29, 0.717) is 28.0 Å². The number of para-hydroxylation sites is 1. The van der Waals surface area contributed by atoms with E-state index in [9.17, 15) is 18.7 Å². The van der Waals surface area contributed by atoms with Crippen molar-refractivity contribution < 1.29 is 18.7 Å². The number of alkyl halides is 2. The molecule has 0 fully saturated rings. The summed E-state index contributed by atoms with van der Waals surface area (Å²) < 4.78 is 25.1. The molecule has 0 aliphatic carbocycles. The molecule has 2 N–H and O–H groups in total. The maximum atomic E-state index is 12.6. The van der Waals surface area contributed by atoms with Crippen molar-refractivity contribution in [2.75, 3.05) is 5.32 Å². The number of carboxylic acid groups (broad SMARTS) is 1. The summed E-state index contributed by atoms with van der Waals surface area (Å²) in [6, 6.07) is 11.4. The van der Waals surface area contributed by atoms with Crippen molar-refractivity contribution in [2.24, 2.45) is 0 Å². The molecule has 0 saturated carbocycles. The van der Waals surface area contributed by atoms with E-state index < -0.39 is 11.7 Å². The highest BCUT2D eigenvalue weighted by atomic mass is 32.2. The summed E-state index contributed by atoms with van der Waals surface area (Å²) in [5, 5.41) is 12.1. The Kier molecular flexibility index (Phi) is 4.80. The van der Waals surface area contributed by atoms with Gasteiger partial charge in [0.2, 0.25) is 0 Å². The highest BCUT2D eigenvalue weighted by molar-refractivity contribution is 7.99. The zero-order valence-corrected chi connectivity index (χ0v) is 12.0. The standard InChI is InChI=1S/C15H13F2NO2S/c1-9-6-7-10(14(19)20)12(8-9)18-11-4-2-3-5-13(11)21-15(16)17/h2-8,15,18H,1H3,(H,19,20). The van der Waals surface area contributed by atoms with Crippen molar-refractivity contribution >= 4 is 29.1 Å². The highest BCUT2D eigenvalue weighted by Gasteiger charge is 2.13. The van der Waals surface area contributed by atoms with Gasteiger partial charge in [-0.1, -0.05) is 30.0 Å². The summed E-state index contributed by atoms with van der Waals surface area (Å²) in [4.78, 5) is 11.6. The first-order valence-corrected chi connectivity index (χ1v) is 7.00. The number of carboxylic acids is 1. The summed E-state index contributed by atoms with van der Waals surface area (Å²) in [5.41, 5.74) is 1.81. The zero-order chi connectivity index (χ0) is 15.4. The third kappa shape index (κ3) is 3.95. The minimum absolute atomic E-state index is 0.0949. The van der Waals surface area contributed by atoms with Crippen LogP contribution < -0.4 is 5.32 Å². The van der Waals surface area contributed by atoms with Gasteiger partial charge in [-0.05, 0) is 36.8 Å². The predicted octanol–water partition coefficient (Wildman–Crippen LogP) is 4.75. The number of anilines is 2. The number of hydrogen-bond acceptors (Lipinski definition) is 3. The predicted molar refractivity (Wildman–Crippen MR) is 79.7 cm³/mol. The van der Waals surface area contributed by atoms with Gasteiger partial charge in [-0.15, -0.1) is 0 Å². The summed E-state index contributed by atoms with van der Waals surface area (Å²) >= 11 is 0.419. The topological polar surface area (TPSA) is 49.3 Å². The van der Waals surface area contributed by atoms with Gasteiger partial charge in [0.25, 0.3) is 5.76 Å². The van der Waals surface area contributed by atoms with Gasteiger partial charge in [-0.2, -0.15) is 8.78 Å². The van der Waals surface area contributed by atoms with Crippen LogP contribution in [0.3, 0.4) is 0 Å². The number of hydrogen-bond donors (Lipinski definition) is 2. The van der Waals surface area contributed by atoms with E-state index in [0.717, 1.165) is 5.56 Å². The average Bonchev–Trinajstić information content (AvgIpc) is 2.40. The number of rotatable bonds is 5. The smallest absolute Gasteiger partial charge is 0.337 e. The molecule has 0 saturated heterocycles. The number of benzene rings is 2. The number of aromatic carboxylic acids is 1. The summed E-state index contributed by atoms with van der Waals surface area (Å²) in [5.74, 6) is -3.61. The minimum atomic E-state index is -2.54. The van der Waals surface area contributed by atoms with Crippen LogP contribution in [0.5, 0.6) is 0 Å². The summed E-state index contributed by atoms with van der Waals surface area (Å²) in [7, 11) is 0. The van der Waals surface area contributed by atoms with E-state index in [-0.39, 0.29) is 5.56 Å². The lowest BCUT2D eigenvalue weighted by Crippen LogP contribution is -2.03. The highest BCUT2D eigenvalue weighted by Crippen LogP contribution is 2.34. The second-order valence-electron chi connectivity index (χ2n) is 4.35. The lowest BCUT2D eigenvalue weighted by Gasteiger charge is -2.14. The first kappa shape index (κ1) is 15.3. The Morgan fingerprint density at radius 3 is 2.57 bits per heavy atom. The Hall–Kier alpha value is -2.08. The Morgan fingerprint density at radius 1 is 1.19 bits per heavy atom. The molecular weight excluding hydrogens is 296 g/mol. The van der Waals surface area contributed by atoms with E-state index in [1.165, 1.54) is 6.07 Å². The SMILES string of the molecule is Cc1ccc(C(=O)O)c(Nc2ccccc2SC(F)F)c1. The number of carbonyl (C=O) groups is 1. The number of aryl methyl sites for hydroxylation is 1. The number of halogens is 2. The molecular formula is C15H13F2NO2S. The van der Waals surface area contributed by atoms with Crippen LogP contribution in [0.25, 0.3) is 0 Å². The lowest BCUT2D eigenvalue weighted by molar-refractivity contribution is 0.0698. The summed E-state index contributed by atoms with van der Waals surface area (Å²) in [6.45, 7) is 1.83. The molecule has 6 heteroatoms. The van der Waals surface area contributed by atoms with Crippen LogP contribution in [0.4, 0.5) is 20.2 Å². The van der Waals surface area contributed by atoms with Gasteiger partial charge in [0.05, 0.1) is 16.9 Å². The minimum Gasteiger partial charge on any atom is -0.478 e. The molecule has 2 aromatic carbocycles. The van der Waals surface area contributed by atoms with Crippen LogP contribution in [0.1, 0.15) is 15.9 Å². The molecule has 2 rings (SSSR count).